The van der Waals surface area contributed by atoms with Crippen molar-refractivity contribution in [2.75, 3.05) is 6.54 Å². The summed E-state index contributed by atoms with van der Waals surface area (Å²) in [7, 11) is 0. The van der Waals surface area contributed by atoms with Crippen molar-refractivity contribution in [1.29, 1.82) is 0 Å². The van der Waals surface area contributed by atoms with E-state index in [0.29, 0.717) is 18.5 Å². The van der Waals surface area contributed by atoms with Gasteiger partial charge in [0.05, 0.1) is 0 Å². The number of amides is 2. The smallest absolute Gasteiger partial charge is 0.260 e. The van der Waals surface area contributed by atoms with Gasteiger partial charge in [0.25, 0.3) is 5.91 Å². The second-order valence-electron chi connectivity index (χ2n) is 3.32. The lowest BCUT2D eigenvalue weighted by atomic mass is 10.2. The fraction of sp³-hybridized carbons (Fsp3) is 0.333. The zero-order chi connectivity index (χ0) is 11.1. The molecule has 80 valence electrons. The first-order chi connectivity index (χ1) is 7.29. The lowest BCUT2D eigenvalue weighted by molar-refractivity contribution is -0.116. The molecule has 0 radical (unpaired) electrons. The highest BCUT2D eigenvalue weighted by molar-refractivity contribution is 5.99. The highest BCUT2D eigenvalue weighted by Gasteiger charge is 2.13. The van der Waals surface area contributed by atoms with Gasteiger partial charge in [-0.25, -0.2) is 0 Å². The summed E-state index contributed by atoms with van der Waals surface area (Å²) < 4.78 is 0. The van der Waals surface area contributed by atoms with E-state index in [0.717, 1.165) is 12.8 Å². The highest BCUT2D eigenvalue weighted by Crippen LogP contribution is 2.04. The number of carbonyl (C=O) groups excluding carboxylic acids is 2. The van der Waals surface area contributed by atoms with E-state index in [4.69, 9.17) is 0 Å². The van der Waals surface area contributed by atoms with Gasteiger partial charge in [0.2, 0.25) is 6.41 Å². The Morgan fingerprint density at radius 3 is 2.53 bits per heavy atom. The van der Waals surface area contributed by atoms with Crippen LogP contribution >= 0.6 is 0 Å². The fourth-order valence-electron chi connectivity index (χ4n) is 1.28. The van der Waals surface area contributed by atoms with Crippen LogP contribution in [0.1, 0.15) is 30.1 Å². The quantitative estimate of drug-likeness (QED) is 0.690. The van der Waals surface area contributed by atoms with Gasteiger partial charge in [-0.2, -0.15) is 0 Å². The zero-order valence-corrected chi connectivity index (χ0v) is 8.85. The van der Waals surface area contributed by atoms with Crippen molar-refractivity contribution in [2.24, 2.45) is 0 Å². The average molecular weight is 205 g/mol. The summed E-state index contributed by atoms with van der Waals surface area (Å²) in [6, 6.07) is 8.84. The van der Waals surface area contributed by atoms with Crippen LogP contribution in [0.2, 0.25) is 0 Å². The summed E-state index contributed by atoms with van der Waals surface area (Å²) in [5, 5.41) is 0. The first-order valence-electron chi connectivity index (χ1n) is 5.11. The third-order valence-electron chi connectivity index (χ3n) is 2.16. The van der Waals surface area contributed by atoms with E-state index in [1.807, 2.05) is 13.0 Å². The number of carbonyl (C=O) groups is 2. The number of nitrogens with zero attached hydrogens (tertiary/aromatic N) is 1. The lowest BCUT2D eigenvalue weighted by Crippen LogP contribution is -2.30. The Labute approximate surface area is 89.7 Å². The first-order valence-corrected chi connectivity index (χ1v) is 5.11. The third kappa shape index (κ3) is 3.20. The molecule has 0 heterocycles. The van der Waals surface area contributed by atoms with Gasteiger partial charge in [-0.1, -0.05) is 31.5 Å². The van der Waals surface area contributed by atoms with Gasteiger partial charge in [0.15, 0.2) is 0 Å². The standard InChI is InChI=1S/C12H15NO2/c1-2-3-9-13(10-14)12(15)11-7-5-4-6-8-11/h4-8,10H,2-3,9H2,1H3. The van der Waals surface area contributed by atoms with Crippen LogP contribution in [0, 0.1) is 0 Å². The van der Waals surface area contributed by atoms with E-state index in [1.54, 1.807) is 24.3 Å². The summed E-state index contributed by atoms with van der Waals surface area (Å²) in [5.41, 5.74) is 0.556. The molecule has 0 spiro atoms. The Morgan fingerprint density at radius 2 is 2.00 bits per heavy atom. The van der Waals surface area contributed by atoms with Crippen molar-refractivity contribution >= 4 is 12.3 Å². The summed E-state index contributed by atoms with van der Waals surface area (Å²) in [6.45, 7) is 2.52. The van der Waals surface area contributed by atoms with Gasteiger partial charge in [0.1, 0.15) is 0 Å². The molecule has 3 nitrogen and oxygen atoms in total. The first kappa shape index (κ1) is 11.4. The maximum absolute atomic E-state index is 11.8. The number of unbranched alkanes of at least 4 members (excludes halogenated alkanes) is 1. The molecule has 0 saturated carbocycles. The fourth-order valence-corrected chi connectivity index (χ4v) is 1.28. The maximum Gasteiger partial charge on any atom is 0.260 e. The molecule has 0 aliphatic carbocycles. The normalized spacial score (nSPS) is 9.67. The van der Waals surface area contributed by atoms with Crippen molar-refractivity contribution < 1.29 is 9.59 Å². The number of imide groups is 1. The van der Waals surface area contributed by atoms with Crippen molar-refractivity contribution in [2.45, 2.75) is 19.8 Å². The summed E-state index contributed by atoms with van der Waals surface area (Å²) in [4.78, 5) is 23.7. The van der Waals surface area contributed by atoms with E-state index < -0.39 is 0 Å². The number of hydrogen-bond donors (Lipinski definition) is 0. The molecule has 0 bridgehead atoms. The molecule has 0 N–H and O–H groups in total. The summed E-state index contributed by atoms with van der Waals surface area (Å²) in [5.74, 6) is -0.223. The maximum atomic E-state index is 11.8. The van der Waals surface area contributed by atoms with Crippen molar-refractivity contribution in [1.82, 2.24) is 4.90 Å². The highest BCUT2D eigenvalue weighted by atomic mass is 16.2. The molecular formula is C12H15NO2. The second-order valence-corrected chi connectivity index (χ2v) is 3.32. The van der Waals surface area contributed by atoms with Crippen LogP contribution in [0.5, 0.6) is 0 Å². The van der Waals surface area contributed by atoms with E-state index in [2.05, 4.69) is 0 Å². The molecular weight excluding hydrogens is 190 g/mol. The Balaban J connectivity index is 2.69. The molecule has 2 amide bonds. The SMILES string of the molecule is CCCCN(C=O)C(=O)c1ccccc1. The van der Waals surface area contributed by atoms with Crippen LogP contribution in [-0.4, -0.2) is 23.8 Å². The molecule has 1 aromatic rings. The van der Waals surface area contributed by atoms with E-state index in [1.165, 1.54) is 4.90 Å². The molecule has 0 aromatic heterocycles. The summed E-state index contributed by atoms with van der Waals surface area (Å²) >= 11 is 0. The monoisotopic (exact) mass is 205 g/mol. The largest absolute Gasteiger partial charge is 0.281 e. The second kappa shape index (κ2) is 5.96. The van der Waals surface area contributed by atoms with Crippen LogP contribution in [0.3, 0.4) is 0 Å². The molecule has 0 atom stereocenters. The van der Waals surface area contributed by atoms with Crippen LogP contribution in [0.25, 0.3) is 0 Å². The van der Waals surface area contributed by atoms with E-state index >= 15 is 0 Å². The van der Waals surface area contributed by atoms with Crippen molar-refractivity contribution in [3.05, 3.63) is 35.9 Å². The van der Waals surface area contributed by atoms with Gasteiger partial charge in [-0.05, 0) is 18.6 Å². The molecule has 1 rings (SSSR count). The minimum atomic E-state index is -0.223. The third-order valence-corrected chi connectivity index (χ3v) is 2.16. The van der Waals surface area contributed by atoms with Gasteiger partial charge >= 0.3 is 0 Å². The number of benzene rings is 1. The number of hydrogen-bond acceptors (Lipinski definition) is 2. The lowest BCUT2D eigenvalue weighted by Gasteiger charge is -2.14. The van der Waals surface area contributed by atoms with Gasteiger partial charge in [-0.15, -0.1) is 0 Å². The molecule has 0 aliphatic rings. The minimum absolute atomic E-state index is 0.223. The van der Waals surface area contributed by atoms with Crippen molar-refractivity contribution in [3.63, 3.8) is 0 Å². The molecule has 1 aromatic carbocycles. The van der Waals surface area contributed by atoms with Gasteiger partial charge in [0, 0.05) is 12.1 Å². The van der Waals surface area contributed by atoms with Crippen LogP contribution in [0.4, 0.5) is 0 Å². The molecule has 0 fully saturated rings. The zero-order valence-electron chi connectivity index (χ0n) is 8.85. The van der Waals surface area contributed by atoms with E-state index in [-0.39, 0.29) is 5.91 Å². The van der Waals surface area contributed by atoms with Crippen LogP contribution in [-0.2, 0) is 4.79 Å². The Bertz CT molecular complexity index is 322. The predicted octanol–water partition coefficient (Wildman–Crippen LogP) is 2.09. The predicted molar refractivity (Wildman–Crippen MR) is 58.5 cm³/mol. The van der Waals surface area contributed by atoms with Gasteiger partial charge < -0.3 is 0 Å². The average Bonchev–Trinajstić information content (AvgIpc) is 2.31. The molecule has 3 heteroatoms. The molecule has 0 saturated heterocycles. The Morgan fingerprint density at radius 1 is 1.33 bits per heavy atom. The Hall–Kier alpha value is -1.64. The van der Waals surface area contributed by atoms with Gasteiger partial charge in [-0.3, -0.25) is 14.5 Å². The van der Waals surface area contributed by atoms with E-state index in [9.17, 15) is 9.59 Å². The molecule has 15 heavy (non-hydrogen) atoms. The minimum Gasteiger partial charge on any atom is -0.281 e. The Kier molecular flexibility index (Phi) is 4.54. The topological polar surface area (TPSA) is 37.4 Å². The number of rotatable bonds is 5. The van der Waals surface area contributed by atoms with Crippen molar-refractivity contribution in [3.8, 4) is 0 Å². The molecule has 0 aliphatic heterocycles. The summed E-state index contributed by atoms with van der Waals surface area (Å²) in [6.07, 6.45) is 2.41. The van der Waals surface area contributed by atoms with Crippen LogP contribution < -0.4 is 0 Å². The molecule has 0 unspecified atom stereocenters. The van der Waals surface area contributed by atoms with Crippen LogP contribution in [0.15, 0.2) is 30.3 Å².